The normalized spacial score (nSPS) is 13.2. The lowest BCUT2D eigenvalue weighted by Crippen LogP contribution is -2.20. The van der Waals surface area contributed by atoms with E-state index >= 15 is 0 Å². The summed E-state index contributed by atoms with van der Waals surface area (Å²) in [6.07, 6.45) is 0. The molecule has 1 heterocycles. The first kappa shape index (κ1) is 23.7. The molecule has 1 atom stereocenters. The molecule has 1 aromatic heterocycles. The van der Waals surface area contributed by atoms with Crippen molar-refractivity contribution in [2.24, 2.45) is 0 Å². The van der Waals surface area contributed by atoms with Crippen molar-refractivity contribution in [2.45, 2.75) is 65.3 Å². The first-order valence-electron chi connectivity index (χ1n) is 11.1. The van der Waals surface area contributed by atoms with Gasteiger partial charge in [-0.3, -0.25) is 0 Å². The average molecular weight is 436 g/mol. The van der Waals surface area contributed by atoms with Gasteiger partial charge >= 0.3 is 0 Å². The van der Waals surface area contributed by atoms with E-state index in [-0.39, 0.29) is 16.9 Å². The van der Waals surface area contributed by atoms with Crippen molar-refractivity contribution >= 4 is 11.5 Å². The maximum atomic E-state index is 11.2. The highest BCUT2D eigenvalue weighted by molar-refractivity contribution is 5.55. The molecule has 5 nitrogen and oxygen atoms in total. The zero-order valence-electron chi connectivity index (χ0n) is 20.9. The van der Waals surface area contributed by atoms with Gasteiger partial charge in [0.05, 0.1) is 6.04 Å². The summed E-state index contributed by atoms with van der Waals surface area (Å²) in [4.78, 5) is 2.09. The molecule has 0 saturated heterocycles. The Morgan fingerprint density at radius 2 is 1.41 bits per heavy atom. The molecule has 0 aliphatic carbocycles. The molecule has 0 fully saturated rings. The minimum Gasteiger partial charge on any atom is -0.507 e. The van der Waals surface area contributed by atoms with Gasteiger partial charge < -0.3 is 19.8 Å². The minimum atomic E-state index is -0.204. The lowest BCUT2D eigenvalue weighted by atomic mass is 9.77. The van der Waals surface area contributed by atoms with Gasteiger partial charge in [-0.05, 0) is 64.3 Å². The number of aromatic nitrogens is 1. The van der Waals surface area contributed by atoms with Gasteiger partial charge in [0.25, 0.3) is 0 Å². The van der Waals surface area contributed by atoms with Crippen molar-refractivity contribution in [3.63, 3.8) is 0 Å². The van der Waals surface area contributed by atoms with Crippen LogP contribution >= 0.6 is 0 Å². The Morgan fingerprint density at radius 3 is 1.81 bits per heavy atom. The molecule has 172 valence electrons. The second-order valence-corrected chi connectivity index (χ2v) is 10.9. The summed E-state index contributed by atoms with van der Waals surface area (Å²) in [6.45, 7) is 14.7. The van der Waals surface area contributed by atoms with Crippen LogP contribution in [0.2, 0.25) is 0 Å². The minimum absolute atomic E-state index is 0.154. The van der Waals surface area contributed by atoms with E-state index in [1.807, 2.05) is 27.1 Å². The summed E-state index contributed by atoms with van der Waals surface area (Å²) < 4.78 is 5.30. The summed E-state index contributed by atoms with van der Waals surface area (Å²) in [7, 11) is 4.07. The third-order valence-electron chi connectivity index (χ3n) is 5.74. The fourth-order valence-electron chi connectivity index (χ4n) is 3.87. The lowest BCUT2D eigenvalue weighted by molar-refractivity contribution is 0.399. The molecule has 0 saturated carbocycles. The molecule has 0 amide bonds. The second-order valence-electron chi connectivity index (χ2n) is 10.9. The van der Waals surface area contributed by atoms with Gasteiger partial charge in [-0.2, -0.15) is 0 Å². The molecule has 2 N–H and O–H groups in total. The van der Waals surface area contributed by atoms with Crippen LogP contribution in [0.25, 0.3) is 0 Å². The average Bonchev–Trinajstić information content (AvgIpc) is 3.09. The van der Waals surface area contributed by atoms with Crippen LogP contribution in [0.15, 0.2) is 47.0 Å². The Morgan fingerprint density at radius 1 is 0.875 bits per heavy atom. The van der Waals surface area contributed by atoms with E-state index in [0.717, 1.165) is 33.7 Å². The Bertz CT molecular complexity index is 1030. The van der Waals surface area contributed by atoms with Crippen molar-refractivity contribution in [3.05, 3.63) is 70.5 Å². The summed E-state index contributed by atoms with van der Waals surface area (Å²) in [6, 6.07) is 14.5. The molecule has 0 spiro atoms. The summed E-state index contributed by atoms with van der Waals surface area (Å²) >= 11 is 0. The van der Waals surface area contributed by atoms with E-state index in [0.29, 0.717) is 11.6 Å². The number of rotatable bonds is 5. The van der Waals surface area contributed by atoms with Crippen LogP contribution in [0.4, 0.5) is 11.5 Å². The van der Waals surface area contributed by atoms with Gasteiger partial charge in [-0.15, -0.1) is 0 Å². The van der Waals surface area contributed by atoms with E-state index in [1.165, 1.54) is 0 Å². The molecule has 0 radical (unpaired) electrons. The number of nitrogens with one attached hydrogen (secondary N) is 1. The van der Waals surface area contributed by atoms with Crippen molar-refractivity contribution < 1.29 is 9.63 Å². The van der Waals surface area contributed by atoms with Crippen LogP contribution in [0, 0.1) is 6.92 Å². The monoisotopic (exact) mass is 435 g/mol. The molecular formula is C27H37N3O2. The molecule has 32 heavy (non-hydrogen) atoms. The number of hydrogen-bond donors (Lipinski definition) is 2. The number of anilines is 2. The molecule has 5 heteroatoms. The van der Waals surface area contributed by atoms with Gasteiger partial charge in [0.2, 0.25) is 0 Å². The summed E-state index contributed by atoms with van der Waals surface area (Å²) in [5.74, 6) is 1.82. The first-order chi connectivity index (χ1) is 14.8. The predicted octanol–water partition coefficient (Wildman–Crippen LogP) is 6.55. The first-order valence-corrected chi connectivity index (χ1v) is 11.1. The lowest BCUT2D eigenvalue weighted by Gasteiger charge is -2.30. The summed E-state index contributed by atoms with van der Waals surface area (Å²) in [5.41, 5.74) is 4.80. The number of phenolic OH excluding ortho intramolecular Hbond substituents is 1. The molecular weight excluding hydrogens is 398 g/mol. The van der Waals surface area contributed by atoms with E-state index < -0.39 is 0 Å². The van der Waals surface area contributed by atoms with E-state index in [1.54, 1.807) is 0 Å². The van der Waals surface area contributed by atoms with Gasteiger partial charge in [-0.1, -0.05) is 58.8 Å². The number of phenols is 1. The smallest absolute Gasteiger partial charge is 0.170 e. The SMILES string of the molecule is Cc1cc(N[C@@H](c2ccc(N(C)C)cc2)c2cc(C(C)(C)C)c(O)c(C(C)(C)C)c2)no1. The molecule has 2 aromatic carbocycles. The highest BCUT2D eigenvalue weighted by atomic mass is 16.5. The predicted molar refractivity (Wildman–Crippen MR) is 133 cm³/mol. The van der Waals surface area contributed by atoms with Crippen LogP contribution in [0.1, 0.15) is 75.6 Å². The van der Waals surface area contributed by atoms with Crippen LogP contribution in [-0.2, 0) is 10.8 Å². The number of aromatic hydroxyl groups is 1. The number of hydrogen-bond acceptors (Lipinski definition) is 5. The van der Waals surface area contributed by atoms with E-state index in [2.05, 4.69) is 93.3 Å². The fraction of sp³-hybridized carbons (Fsp3) is 0.444. The second kappa shape index (κ2) is 8.53. The van der Waals surface area contributed by atoms with E-state index in [4.69, 9.17) is 4.52 Å². The van der Waals surface area contributed by atoms with Crippen molar-refractivity contribution in [1.82, 2.24) is 5.16 Å². The highest BCUT2D eigenvalue weighted by Crippen LogP contribution is 2.42. The molecule has 0 unspecified atom stereocenters. The fourth-order valence-corrected chi connectivity index (χ4v) is 3.87. The number of benzene rings is 2. The Labute approximate surface area is 192 Å². The van der Waals surface area contributed by atoms with E-state index in [9.17, 15) is 5.11 Å². The molecule has 0 aliphatic heterocycles. The van der Waals surface area contributed by atoms with Crippen molar-refractivity contribution in [2.75, 3.05) is 24.3 Å². The highest BCUT2D eigenvalue weighted by Gasteiger charge is 2.29. The van der Waals surface area contributed by atoms with Crippen molar-refractivity contribution in [1.29, 1.82) is 0 Å². The zero-order chi connectivity index (χ0) is 23.8. The van der Waals surface area contributed by atoms with Crippen LogP contribution in [0.5, 0.6) is 5.75 Å². The molecule has 3 aromatic rings. The summed E-state index contributed by atoms with van der Waals surface area (Å²) in [5, 5.41) is 18.9. The van der Waals surface area contributed by atoms with Gasteiger partial charge in [0.15, 0.2) is 5.82 Å². The Hall–Kier alpha value is -2.95. The third kappa shape index (κ3) is 5.09. The molecule has 0 aliphatic rings. The van der Waals surface area contributed by atoms with Crippen LogP contribution in [-0.4, -0.2) is 24.4 Å². The van der Waals surface area contributed by atoms with Gasteiger partial charge in [0, 0.05) is 25.8 Å². The Kier molecular flexibility index (Phi) is 6.32. The Balaban J connectivity index is 2.21. The quantitative estimate of drug-likeness (QED) is 0.476. The van der Waals surface area contributed by atoms with Gasteiger partial charge in [-0.25, -0.2) is 0 Å². The largest absolute Gasteiger partial charge is 0.507 e. The van der Waals surface area contributed by atoms with Gasteiger partial charge in [0.1, 0.15) is 11.5 Å². The molecule has 3 rings (SSSR count). The standard InChI is InChI=1S/C27H37N3O2/c1-17-14-23(29-32-17)28-24(18-10-12-20(13-11-18)30(8)9)19-15-21(26(2,3)4)25(31)22(16-19)27(5,6)7/h10-16,24,31H,1-9H3,(H,28,29)/t24-/m0/s1. The van der Waals surface area contributed by atoms with Crippen molar-refractivity contribution in [3.8, 4) is 5.75 Å². The third-order valence-corrected chi connectivity index (χ3v) is 5.74. The topological polar surface area (TPSA) is 61.5 Å². The number of nitrogens with zero attached hydrogens (tertiary/aromatic N) is 2. The van der Waals surface area contributed by atoms with Crippen LogP contribution < -0.4 is 10.2 Å². The number of aryl methyl sites for hydroxylation is 1. The maximum Gasteiger partial charge on any atom is 0.170 e. The van der Waals surface area contributed by atoms with Crippen LogP contribution in [0.3, 0.4) is 0 Å². The zero-order valence-corrected chi connectivity index (χ0v) is 20.9. The maximum absolute atomic E-state index is 11.2. The molecule has 0 bridgehead atoms.